The van der Waals surface area contributed by atoms with Crippen LogP contribution in [0, 0.1) is 0 Å². The number of hydrogen-bond acceptors (Lipinski definition) is 6. The number of carboxylic acid groups (broad SMARTS) is 1. The molecule has 0 unspecified atom stereocenters. The quantitative estimate of drug-likeness (QED) is 0.813. The molecule has 0 spiro atoms. The standard InChI is InChI=1S/C10H17N3O3S/c1-10(2,3)9-13-12-7(16-9)5-17-4-6(11)8(14)15/h6H,4-5,11H2,1-3H3,(H,14,15)/t6-/m0/s1. The monoisotopic (exact) mass is 259 g/mol. The largest absolute Gasteiger partial charge is 0.480 e. The lowest BCUT2D eigenvalue weighted by Crippen LogP contribution is -2.32. The van der Waals surface area contributed by atoms with Crippen LogP contribution in [0.25, 0.3) is 0 Å². The molecule has 17 heavy (non-hydrogen) atoms. The number of nitrogens with zero attached hydrogens (tertiary/aromatic N) is 2. The van der Waals surface area contributed by atoms with Crippen LogP contribution in [0.3, 0.4) is 0 Å². The molecule has 1 atom stereocenters. The second-order valence-electron chi connectivity index (χ2n) is 4.71. The lowest BCUT2D eigenvalue weighted by Gasteiger charge is -2.10. The van der Waals surface area contributed by atoms with Crippen molar-refractivity contribution in [2.45, 2.75) is 38.0 Å². The second-order valence-corrected chi connectivity index (χ2v) is 5.74. The number of nitrogens with two attached hydrogens (primary N) is 1. The third kappa shape index (κ3) is 4.35. The maximum absolute atomic E-state index is 10.5. The molecule has 1 heterocycles. The van der Waals surface area contributed by atoms with Gasteiger partial charge in [-0.15, -0.1) is 22.0 Å². The lowest BCUT2D eigenvalue weighted by molar-refractivity contribution is -0.137. The van der Waals surface area contributed by atoms with Crippen molar-refractivity contribution in [1.82, 2.24) is 10.2 Å². The van der Waals surface area contributed by atoms with Crippen molar-refractivity contribution >= 4 is 17.7 Å². The Morgan fingerprint density at radius 3 is 2.65 bits per heavy atom. The Balaban J connectivity index is 2.43. The molecule has 0 bridgehead atoms. The van der Waals surface area contributed by atoms with E-state index in [1.165, 1.54) is 11.8 Å². The van der Waals surface area contributed by atoms with Gasteiger partial charge in [0.05, 0.1) is 5.75 Å². The minimum absolute atomic E-state index is 0.173. The molecular formula is C10H17N3O3S. The molecule has 3 N–H and O–H groups in total. The highest BCUT2D eigenvalue weighted by atomic mass is 32.2. The minimum Gasteiger partial charge on any atom is -0.480 e. The van der Waals surface area contributed by atoms with Crippen molar-refractivity contribution in [2.24, 2.45) is 5.73 Å². The smallest absolute Gasteiger partial charge is 0.321 e. The first-order chi connectivity index (χ1) is 7.80. The minimum atomic E-state index is -1.00. The predicted octanol–water partition coefficient (Wildman–Crippen LogP) is 1.01. The fourth-order valence-electron chi connectivity index (χ4n) is 0.960. The normalized spacial score (nSPS) is 13.6. The summed E-state index contributed by atoms with van der Waals surface area (Å²) in [5, 5.41) is 16.4. The number of thioether (sulfide) groups is 1. The summed E-state index contributed by atoms with van der Waals surface area (Å²) in [5.41, 5.74) is 5.19. The number of hydrogen-bond donors (Lipinski definition) is 2. The number of carboxylic acids is 1. The van der Waals surface area contributed by atoms with Gasteiger partial charge in [-0.3, -0.25) is 4.79 Å². The molecule has 0 fully saturated rings. The van der Waals surface area contributed by atoms with E-state index in [1.807, 2.05) is 20.8 Å². The first kappa shape index (κ1) is 14.0. The molecule has 0 radical (unpaired) electrons. The highest BCUT2D eigenvalue weighted by Gasteiger charge is 2.21. The Hall–Kier alpha value is -1.08. The topological polar surface area (TPSA) is 102 Å². The van der Waals surface area contributed by atoms with E-state index in [4.69, 9.17) is 15.3 Å². The van der Waals surface area contributed by atoms with Gasteiger partial charge in [-0.05, 0) is 0 Å². The van der Waals surface area contributed by atoms with E-state index >= 15 is 0 Å². The first-order valence-electron chi connectivity index (χ1n) is 5.19. The van der Waals surface area contributed by atoms with Crippen LogP contribution < -0.4 is 5.73 Å². The number of rotatable bonds is 5. The van der Waals surface area contributed by atoms with Crippen LogP contribution in [0.1, 0.15) is 32.6 Å². The Morgan fingerprint density at radius 1 is 1.53 bits per heavy atom. The molecule has 0 aliphatic heterocycles. The van der Waals surface area contributed by atoms with Crippen molar-refractivity contribution in [2.75, 3.05) is 5.75 Å². The van der Waals surface area contributed by atoms with Crippen LogP contribution in [-0.2, 0) is 16.0 Å². The van der Waals surface area contributed by atoms with Gasteiger partial charge in [0, 0.05) is 11.2 Å². The molecule has 1 aromatic heterocycles. The third-order valence-corrected chi connectivity index (χ3v) is 2.99. The van der Waals surface area contributed by atoms with E-state index in [1.54, 1.807) is 0 Å². The first-order valence-corrected chi connectivity index (χ1v) is 6.35. The highest BCUT2D eigenvalue weighted by molar-refractivity contribution is 7.98. The van der Waals surface area contributed by atoms with Crippen molar-refractivity contribution in [3.8, 4) is 0 Å². The zero-order valence-electron chi connectivity index (χ0n) is 10.1. The van der Waals surface area contributed by atoms with Gasteiger partial charge in [0.15, 0.2) is 0 Å². The van der Waals surface area contributed by atoms with Gasteiger partial charge in [0.25, 0.3) is 0 Å². The van der Waals surface area contributed by atoms with Crippen LogP contribution in [-0.4, -0.2) is 33.1 Å². The Bertz CT molecular complexity index is 386. The molecule has 0 saturated heterocycles. The maximum atomic E-state index is 10.5. The summed E-state index contributed by atoms with van der Waals surface area (Å²) in [4.78, 5) is 10.5. The van der Waals surface area contributed by atoms with Crippen molar-refractivity contribution in [1.29, 1.82) is 0 Å². The molecule has 0 amide bonds. The van der Waals surface area contributed by atoms with Crippen LogP contribution in [0.2, 0.25) is 0 Å². The fourth-order valence-corrected chi connectivity index (χ4v) is 1.77. The second kappa shape index (κ2) is 5.50. The molecule has 7 heteroatoms. The van der Waals surface area contributed by atoms with Gasteiger partial charge in [0.2, 0.25) is 11.8 Å². The summed E-state index contributed by atoms with van der Waals surface area (Å²) < 4.78 is 5.46. The van der Waals surface area contributed by atoms with E-state index in [2.05, 4.69) is 10.2 Å². The summed E-state index contributed by atoms with van der Waals surface area (Å²) in [6.45, 7) is 5.95. The van der Waals surface area contributed by atoms with Gasteiger partial charge in [-0.1, -0.05) is 20.8 Å². The molecule has 0 aliphatic carbocycles. The maximum Gasteiger partial charge on any atom is 0.321 e. The summed E-state index contributed by atoms with van der Waals surface area (Å²) in [7, 11) is 0. The fraction of sp³-hybridized carbons (Fsp3) is 0.700. The van der Waals surface area contributed by atoms with E-state index in [0.717, 1.165) is 0 Å². The number of aliphatic carboxylic acids is 1. The van der Waals surface area contributed by atoms with Crippen LogP contribution in [0.5, 0.6) is 0 Å². The average Bonchev–Trinajstić information content (AvgIpc) is 2.65. The average molecular weight is 259 g/mol. The number of aromatic nitrogens is 2. The lowest BCUT2D eigenvalue weighted by atomic mass is 9.97. The van der Waals surface area contributed by atoms with Gasteiger partial charge >= 0.3 is 5.97 Å². The molecule has 0 aliphatic rings. The zero-order chi connectivity index (χ0) is 13.1. The Labute approximate surface area is 104 Å². The van der Waals surface area contributed by atoms with Gasteiger partial charge in [0.1, 0.15) is 6.04 Å². The van der Waals surface area contributed by atoms with E-state index < -0.39 is 12.0 Å². The van der Waals surface area contributed by atoms with E-state index in [0.29, 0.717) is 23.3 Å². The zero-order valence-corrected chi connectivity index (χ0v) is 11.0. The molecular weight excluding hydrogens is 242 g/mol. The van der Waals surface area contributed by atoms with E-state index in [9.17, 15) is 4.79 Å². The SMILES string of the molecule is CC(C)(C)c1nnc(CSC[C@H](N)C(=O)O)o1. The third-order valence-electron chi connectivity index (χ3n) is 1.95. The van der Waals surface area contributed by atoms with Crippen molar-refractivity contribution in [3.05, 3.63) is 11.8 Å². The van der Waals surface area contributed by atoms with Crippen molar-refractivity contribution in [3.63, 3.8) is 0 Å². The molecule has 0 saturated carbocycles. The molecule has 0 aromatic carbocycles. The van der Waals surface area contributed by atoms with Crippen LogP contribution in [0.4, 0.5) is 0 Å². The number of carbonyl (C=O) groups is 1. The summed E-state index contributed by atoms with van der Waals surface area (Å²) in [5.74, 6) is 0.874. The summed E-state index contributed by atoms with van der Waals surface area (Å²) >= 11 is 1.36. The Morgan fingerprint density at radius 2 is 2.18 bits per heavy atom. The van der Waals surface area contributed by atoms with Crippen molar-refractivity contribution < 1.29 is 14.3 Å². The predicted molar refractivity (Wildman–Crippen MR) is 64.8 cm³/mol. The van der Waals surface area contributed by atoms with Gasteiger partial charge in [-0.25, -0.2) is 0 Å². The molecule has 1 aromatic rings. The summed E-state index contributed by atoms with van der Waals surface area (Å²) in [6, 6.07) is -0.856. The molecule has 96 valence electrons. The molecule has 6 nitrogen and oxygen atoms in total. The molecule has 1 rings (SSSR count). The Kier molecular flexibility index (Phi) is 4.53. The van der Waals surface area contributed by atoms with E-state index in [-0.39, 0.29) is 5.41 Å². The van der Waals surface area contributed by atoms with Gasteiger partial charge in [-0.2, -0.15) is 0 Å². The van der Waals surface area contributed by atoms with Gasteiger partial charge < -0.3 is 15.3 Å². The van der Waals surface area contributed by atoms with Crippen LogP contribution >= 0.6 is 11.8 Å². The summed E-state index contributed by atoms with van der Waals surface area (Å²) in [6.07, 6.45) is 0. The highest BCUT2D eigenvalue weighted by Crippen LogP contribution is 2.21. The van der Waals surface area contributed by atoms with Crippen LogP contribution in [0.15, 0.2) is 4.42 Å².